The predicted molar refractivity (Wildman–Crippen MR) is 152 cm³/mol. The smallest absolute Gasteiger partial charge is 0.335 e. The Morgan fingerprint density at radius 1 is 0.972 bits per heavy atom. The van der Waals surface area contributed by atoms with E-state index in [1.807, 2.05) is 19.1 Å². The first-order chi connectivity index (χ1) is 17.0. The first-order valence-electron chi connectivity index (χ1n) is 12.9. The lowest BCUT2D eigenvalue weighted by atomic mass is 9.72. The molecule has 0 heterocycles. The van der Waals surface area contributed by atoms with Crippen molar-refractivity contribution in [1.29, 1.82) is 0 Å². The van der Waals surface area contributed by atoms with Gasteiger partial charge in [-0.2, -0.15) is 0 Å². The van der Waals surface area contributed by atoms with E-state index in [2.05, 4.69) is 79.7 Å². The van der Waals surface area contributed by atoms with Crippen molar-refractivity contribution in [3.63, 3.8) is 0 Å². The summed E-state index contributed by atoms with van der Waals surface area (Å²) in [5.74, 6) is 0.568. The normalized spacial score (nSPS) is 17.7. The summed E-state index contributed by atoms with van der Waals surface area (Å²) in [6.45, 7) is 4.24. The Bertz CT molecular complexity index is 1350. The zero-order chi connectivity index (χ0) is 24.4. The Balaban J connectivity index is 0.00000304. The summed E-state index contributed by atoms with van der Waals surface area (Å²) in [7, 11) is 0. The van der Waals surface area contributed by atoms with Gasteiger partial charge in [0.2, 0.25) is 0 Å². The zero-order valence-corrected chi connectivity index (χ0v) is 21.9. The van der Waals surface area contributed by atoms with Gasteiger partial charge < -0.3 is 5.11 Å². The maximum atomic E-state index is 11.8. The molecule has 0 bridgehead atoms. The van der Waals surface area contributed by atoms with Gasteiger partial charge in [0.25, 0.3) is 0 Å². The molecule has 1 aliphatic rings. The van der Waals surface area contributed by atoms with Gasteiger partial charge in [-0.25, -0.2) is 4.79 Å². The molecule has 36 heavy (non-hydrogen) atoms. The Morgan fingerprint density at radius 2 is 1.72 bits per heavy atom. The highest BCUT2D eigenvalue weighted by molar-refractivity contribution is 5.89. The van der Waals surface area contributed by atoms with Crippen molar-refractivity contribution < 1.29 is 9.90 Å². The summed E-state index contributed by atoms with van der Waals surface area (Å²) in [6.07, 6.45) is 5.80. The lowest BCUT2D eigenvalue weighted by molar-refractivity contribution is 0.0696. The molecule has 0 fully saturated rings. The van der Waals surface area contributed by atoms with E-state index >= 15 is 0 Å². The van der Waals surface area contributed by atoms with E-state index in [-0.39, 0.29) is 18.3 Å². The number of fused-ring (bicyclic) bond motifs is 2. The number of carboxylic acids is 1. The van der Waals surface area contributed by atoms with Crippen LogP contribution in [0.25, 0.3) is 10.8 Å². The van der Waals surface area contributed by atoms with Gasteiger partial charge in [-0.3, -0.25) is 0 Å². The molecular formula is C33H35ClO2. The average Bonchev–Trinajstić information content (AvgIpc) is 2.88. The summed E-state index contributed by atoms with van der Waals surface area (Å²) < 4.78 is 0. The third kappa shape index (κ3) is 5.34. The van der Waals surface area contributed by atoms with Crippen LogP contribution in [-0.2, 0) is 6.42 Å². The molecule has 5 rings (SSSR count). The number of rotatable bonds is 7. The fraction of sp³-hybridized carbons (Fsp3) is 0.303. The Hall–Kier alpha value is -3.10. The van der Waals surface area contributed by atoms with Crippen molar-refractivity contribution in [2.75, 3.05) is 0 Å². The minimum absolute atomic E-state index is 0. The monoisotopic (exact) mass is 498 g/mol. The van der Waals surface area contributed by atoms with Crippen LogP contribution in [0.5, 0.6) is 0 Å². The van der Waals surface area contributed by atoms with E-state index in [9.17, 15) is 9.90 Å². The molecule has 4 aromatic carbocycles. The second kappa shape index (κ2) is 11.3. The topological polar surface area (TPSA) is 37.3 Å². The molecule has 0 radical (unpaired) electrons. The van der Waals surface area contributed by atoms with Crippen LogP contribution in [0.4, 0.5) is 0 Å². The molecule has 186 valence electrons. The Kier molecular flexibility index (Phi) is 8.16. The highest BCUT2D eigenvalue weighted by Crippen LogP contribution is 2.42. The second-order valence-corrected chi connectivity index (χ2v) is 10.3. The Morgan fingerprint density at radius 3 is 2.56 bits per heavy atom. The van der Waals surface area contributed by atoms with Crippen LogP contribution in [0.2, 0.25) is 0 Å². The third-order valence-electron chi connectivity index (χ3n) is 8.01. The van der Waals surface area contributed by atoms with Crippen molar-refractivity contribution in [3.8, 4) is 0 Å². The molecule has 1 unspecified atom stereocenters. The van der Waals surface area contributed by atoms with E-state index in [4.69, 9.17) is 0 Å². The van der Waals surface area contributed by atoms with Crippen LogP contribution in [-0.4, -0.2) is 11.1 Å². The van der Waals surface area contributed by atoms with Gasteiger partial charge in [0, 0.05) is 5.92 Å². The average molecular weight is 499 g/mol. The van der Waals surface area contributed by atoms with E-state index in [0.29, 0.717) is 17.4 Å². The first-order valence-corrected chi connectivity index (χ1v) is 12.9. The van der Waals surface area contributed by atoms with E-state index in [1.54, 1.807) is 0 Å². The maximum Gasteiger partial charge on any atom is 0.335 e. The first kappa shape index (κ1) is 26.0. The minimum atomic E-state index is -0.840. The van der Waals surface area contributed by atoms with Crippen LogP contribution in [0.3, 0.4) is 0 Å². The van der Waals surface area contributed by atoms with Crippen LogP contribution >= 0.6 is 12.4 Å². The fourth-order valence-electron chi connectivity index (χ4n) is 6.09. The van der Waals surface area contributed by atoms with Gasteiger partial charge in [0.1, 0.15) is 0 Å². The van der Waals surface area contributed by atoms with E-state index in [1.165, 1.54) is 46.7 Å². The lowest BCUT2D eigenvalue weighted by Crippen LogP contribution is -2.20. The van der Waals surface area contributed by atoms with Gasteiger partial charge in [-0.15, -0.1) is 12.4 Å². The number of hydrogen-bond acceptors (Lipinski definition) is 1. The van der Waals surface area contributed by atoms with Crippen LogP contribution in [0, 0.1) is 12.8 Å². The van der Waals surface area contributed by atoms with Gasteiger partial charge in [-0.05, 0) is 82.7 Å². The third-order valence-corrected chi connectivity index (χ3v) is 8.01. The number of hydrogen-bond donors (Lipinski definition) is 1. The fourth-order valence-corrected chi connectivity index (χ4v) is 6.09. The molecule has 0 saturated carbocycles. The van der Waals surface area contributed by atoms with Crippen molar-refractivity contribution in [2.45, 2.75) is 57.8 Å². The van der Waals surface area contributed by atoms with Crippen LogP contribution in [0.1, 0.15) is 82.6 Å². The number of carboxylic acid groups (broad SMARTS) is 1. The number of benzene rings is 4. The summed E-state index contributed by atoms with van der Waals surface area (Å²) in [4.78, 5) is 11.8. The zero-order valence-electron chi connectivity index (χ0n) is 21.1. The van der Waals surface area contributed by atoms with Gasteiger partial charge >= 0.3 is 5.97 Å². The van der Waals surface area contributed by atoms with Crippen molar-refractivity contribution in [3.05, 3.63) is 118 Å². The summed E-state index contributed by atoms with van der Waals surface area (Å²) >= 11 is 0. The molecule has 0 spiro atoms. The largest absolute Gasteiger partial charge is 0.478 e. The minimum Gasteiger partial charge on any atom is -0.478 e. The number of aromatic carboxylic acids is 1. The van der Waals surface area contributed by atoms with E-state index < -0.39 is 5.97 Å². The molecule has 3 heteroatoms. The van der Waals surface area contributed by atoms with Gasteiger partial charge in [0.15, 0.2) is 0 Å². The molecule has 1 aliphatic carbocycles. The molecule has 0 aliphatic heterocycles. The highest BCUT2D eigenvalue weighted by Gasteiger charge is 2.28. The molecule has 3 atom stereocenters. The van der Waals surface area contributed by atoms with Gasteiger partial charge in [0.05, 0.1) is 5.56 Å². The molecular weight excluding hydrogens is 464 g/mol. The van der Waals surface area contributed by atoms with E-state index in [0.717, 1.165) is 24.0 Å². The van der Waals surface area contributed by atoms with Crippen LogP contribution < -0.4 is 0 Å². The SMILES string of the molecule is Cc1ccc(C2C[C@H](CCC[C@H](C)c3cccc4ccccc34)Cc3ccccc32)cc1C(=O)O.Cl. The standard InChI is InChI=1S/C33H34O2.ClH/c1-22(28-16-8-13-25-11-3-5-14-29(25)28)9-7-10-24-19-26-12-4-6-15-30(26)32(20-24)27-18-17-23(2)31(21-27)33(34)35;/h3-6,8,11-18,21-22,24,32H,7,9-10,19-20H2,1-2H3,(H,34,35);1H/t22-,24+,32?;/m0./s1. The summed E-state index contributed by atoms with van der Waals surface area (Å²) in [6, 6.07) is 30.1. The molecule has 1 N–H and O–H groups in total. The van der Waals surface area contributed by atoms with Crippen molar-refractivity contribution >= 4 is 29.1 Å². The predicted octanol–water partition coefficient (Wildman–Crippen LogP) is 8.94. The number of aryl methyl sites for hydroxylation is 1. The highest BCUT2D eigenvalue weighted by atomic mass is 35.5. The molecule has 2 nitrogen and oxygen atoms in total. The number of carbonyl (C=O) groups is 1. The van der Waals surface area contributed by atoms with Crippen LogP contribution in [0.15, 0.2) is 84.9 Å². The summed E-state index contributed by atoms with van der Waals surface area (Å²) in [5, 5.41) is 12.4. The summed E-state index contributed by atoms with van der Waals surface area (Å²) in [5.41, 5.74) is 6.63. The molecule has 0 aromatic heterocycles. The maximum absolute atomic E-state index is 11.8. The molecule has 0 amide bonds. The van der Waals surface area contributed by atoms with Crippen molar-refractivity contribution in [2.24, 2.45) is 5.92 Å². The molecule has 0 saturated heterocycles. The molecule has 4 aromatic rings. The number of halogens is 1. The second-order valence-electron chi connectivity index (χ2n) is 10.3. The van der Waals surface area contributed by atoms with Crippen molar-refractivity contribution in [1.82, 2.24) is 0 Å². The Labute approximate surface area is 220 Å². The quantitative estimate of drug-likeness (QED) is 0.276. The lowest BCUT2D eigenvalue weighted by Gasteiger charge is -2.32. The van der Waals surface area contributed by atoms with Gasteiger partial charge in [-0.1, -0.05) is 98.6 Å².